The molecular weight excluding hydrogens is 346 g/mol. The first-order chi connectivity index (χ1) is 13.0. The minimum Gasteiger partial charge on any atom is -0.366 e. The Balaban J connectivity index is 2.04. The van der Waals surface area contributed by atoms with Crippen molar-refractivity contribution in [3.8, 4) is 0 Å². The second kappa shape index (κ2) is 6.50. The van der Waals surface area contributed by atoms with Crippen LogP contribution in [0.25, 0.3) is 21.8 Å². The highest BCUT2D eigenvalue weighted by molar-refractivity contribution is 6.17. The molecule has 0 aliphatic carbocycles. The molecule has 0 spiro atoms. The van der Waals surface area contributed by atoms with Crippen molar-refractivity contribution >= 4 is 27.7 Å². The molecule has 136 valence electrons. The van der Waals surface area contributed by atoms with Crippen LogP contribution in [0.2, 0.25) is 0 Å². The summed E-state index contributed by atoms with van der Waals surface area (Å²) in [6.45, 7) is 2.28. The van der Waals surface area contributed by atoms with Gasteiger partial charge in [0.1, 0.15) is 11.6 Å². The maximum Gasteiger partial charge on any atom is 0.249 e. The van der Waals surface area contributed by atoms with E-state index in [9.17, 15) is 13.6 Å². The molecule has 1 heterocycles. The average molecular weight is 364 g/mol. The van der Waals surface area contributed by atoms with Crippen molar-refractivity contribution in [3.63, 3.8) is 0 Å². The Morgan fingerprint density at radius 3 is 2.56 bits per heavy atom. The molecule has 0 unspecified atom stereocenters. The van der Waals surface area contributed by atoms with E-state index in [1.807, 2.05) is 28.8 Å². The monoisotopic (exact) mass is 364 g/mol. The Kier molecular flexibility index (Phi) is 4.15. The summed E-state index contributed by atoms with van der Waals surface area (Å²) in [7, 11) is 0. The number of hydrogen-bond donors (Lipinski definition) is 1. The molecule has 2 N–H and O–H groups in total. The van der Waals surface area contributed by atoms with Gasteiger partial charge in [0.25, 0.3) is 0 Å². The Bertz CT molecular complexity index is 1190. The fraction of sp³-hybridized carbons (Fsp3) is 0.136. The lowest BCUT2D eigenvalue weighted by Crippen LogP contribution is -2.11. The van der Waals surface area contributed by atoms with Crippen LogP contribution in [0, 0.1) is 11.6 Å². The number of carbonyl (C=O) groups is 1. The molecule has 27 heavy (non-hydrogen) atoms. The average Bonchev–Trinajstić information content (AvgIpc) is 2.97. The third-order valence-corrected chi connectivity index (χ3v) is 4.97. The maximum absolute atomic E-state index is 14.3. The van der Waals surface area contributed by atoms with Gasteiger partial charge in [-0.1, -0.05) is 31.2 Å². The van der Waals surface area contributed by atoms with Gasteiger partial charge in [-0.15, -0.1) is 0 Å². The molecule has 3 nitrogen and oxygen atoms in total. The fourth-order valence-corrected chi connectivity index (χ4v) is 3.61. The molecular formula is C22H18F2N2O. The number of fused-ring (bicyclic) bond motifs is 3. The van der Waals surface area contributed by atoms with E-state index in [0.717, 1.165) is 39.9 Å². The normalized spacial score (nSPS) is 11.4. The molecule has 3 aromatic carbocycles. The lowest BCUT2D eigenvalue weighted by Gasteiger charge is -2.10. The smallest absolute Gasteiger partial charge is 0.249 e. The summed E-state index contributed by atoms with van der Waals surface area (Å²) in [5, 5.41) is 1.64. The molecule has 5 heteroatoms. The molecule has 0 aliphatic heterocycles. The fourth-order valence-electron chi connectivity index (χ4n) is 3.61. The van der Waals surface area contributed by atoms with Crippen LogP contribution in [0.5, 0.6) is 0 Å². The largest absolute Gasteiger partial charge is 0.366 e. The van der Waals surface area contributed by atoms with Crippen LogP contribution >= 0.6 is 0 Å². The van der Waals surface area contributed by atoms with Crippen LogP contribution in [0.1, 0.15) is 28.4 Å². The van der Waals surface area contributed by atoms with Crippen molar-refractivity contribution in [3.05, 3.63) is 82.9 Å². The van der Waals surface area contributed by atoms with Crippen LogP contribution < -0.4 is 5.73 Å². The molecule has 1 amide bonds. The van der Waals surface area contributed by atoms with Crippen molar-refractivity contribution in [1.29, 1.82) is 0 Å². The highest BCUT2D eigenvalue weighted by Crippen LogP contribution is 2.33. The van der Waals surface area contributed by atoms with E-state index >= 15 is 0 Å². The van der Waals surface area contributed by atoms with Crippen molar-refractivity contribution in [2.24, 2.45) is 5.73 Å². The summed E-state index contributed by atoms with van der Waals surface area (Å²) in [6.07, 6.45) is 0.852. The third-order valence-electron chi connectivity index (χ3n) is 4.97. The molecule has 0 aliphatic rings. The maximum atomic E-state index is 14.3. The number of nitrogens with zero attached hydrogens (tertiary/aromatic N) is 1. The topological polar surface area (TPSA) is 48.0 Å². The van der Waals surface area contributed by atoms with Crippen LogP contribution in [-0.2, 0) is 13.0 Å². The second-order valence-electron chi connectivity index (χ2n) is 6.59. The highest BCUT2D eigenvalue weighted by Gasteiger charge is 2.17. The summed E-state index contributed by atoms with van der Waals surface area (Å²) in [5.41, 5.74) is 9.20. The van der Waals surface area contributed by atoms with Crippen LogP contribution in [0.15, 0.2) is 54.6 Å². The molecule has 0 atom stereocenters. The van der Waals surface area contributed by atoms with Crippen LogP contribution in [0.3, 0.4) is 0 Å². The molecule has 0 bridgehead atoms. The van der Waals surface area contributed by atoms with Gasteiger partial charge in [0.2, 0.25) is 5.91 Å². The number of aryl methyl sites for hydroxylation is 1. The second-order valence-corrected chi connectivity index (χ2v) is 6.59. The summed E-state index contributed by atoms with van der Waals surface area (Å²) < 4.78 is 29.5. The van der Waals surface area contributed by atoms with Gasteiger partial charge in [-0.05, 0) is 36.2 Å². The van der Waals surface area contributed by atoms with E-state index in [4.69, 9.17) is 5.73 Å². The van der Waals surface area contributed by atoms with Gasteiger partial charge in [-0.2, -0.15) is 0 Å². The first-order valence-corrected chi connectivity index (χ1v) is 8.77. The van der Waals surface area contributed by atoms with Crippen molar-refractivity contribution in [1.82, 2.24) is 4.57 Å². The predicted molar refractivity (Wildman–Crippen MR) is 103 cm³/mol. The van der Waals surface area contributed by atoms with Crippen LogP contribution in [0.4, 0.5) is 8.78 Å². The first-order valence-electron chi connectivity index (χ1n) is 8.77. The summed E-state index contributed by atoms with van der Waals surface area (Å²) in [4.78, 5) is 12.0. The van der Waals surface area contributed by atoms with Crippen molar-refractivity contribution < 1.29 is 13.6 Å². The molecule has 0 saturated heterocycles. The lowest BCUT2D eigenvalue weighted by atomic mass is 10.0. The molecule has 4 rings (SSSR count). The highest BCUT2D eigenvalue weighted by atomic mass is 19.1. The van der Waals surface area contributed by atoms with Gasteiger partial charge >= 0.3 is 0 Å². The summed E-state index contributed by atoms with van der Waals surface area (Å²) >= 11 is 0. The number of halogens is 2. The Morgan fingerprint density at radius 1 is 1.04 bits per heavy atom. The number of hydrogen-bond acceptors (Lipinski definition) is 1. The van der Waals surface area contributed by atoms with Gasteiger partial charge in [-0.3, -0.25) is 4.79 Å². The number of carbonyl (C=O) groups excluding carboxylic acids is 1. The minimum absolute atomic E-state index is 0.224. The zero-order chi connectivity index (χ0) is 19.1. The summed E-state index contributed by atoms with van der Waals surface area (Å²) in [5.74, 6) is -1.71. The van der Waals surface area contributed by atoms with E-state index in [1.165, 1.54) is 12.1 Å². The van der Waals surface area contributed by atoms with Gasteiger partial charge in [0.05, 0.1) is 12.1 Å². The number of benzene rings is 3. The van der Waals surface area contributed by atoms with Gasteiger partial charge in [0.15, 0.2) is 0 Å². The number of aromatic nitrogens is 1. The SMILES string of the molecule is CCc1ccc2c3c(C(N)=O)cccc3n(Cc3ccc(F)cc3F)c2c1. The van der Waals surface area contributed by atoms with Gasteiger partial charge < -0.3 is 10.3 Å². The first kappa shape index (κ1) is 17.2. The number of nitrogens with two attached hydrogens (primary N) is 1. The van der Waals surface area contributed by atoms with Crippen molar-refractivity contribution in [2.45, 2.75) is 19.9 Å². The lowest BCUT2D eigenvalue weighted by molar-refractivity contribution is 0.100. The quantitative estimate of drug-likeness (QED) is 0.556. The van der Waals surface area contributed by atoms with Crippen LogP contribution in [-0.4, -0.2) is 10.5 Å². The van der Waals surface area contributed by atoms with E-state index < -0.39 is 17.5 Å². The van der Waals surface area contributed by atoms with Gasteiger partial charge in [-0.25, -0.2) is 8.78 Å². The zero-order valence-corrected chi connectivity index (χ0v) is 14.8. The predicted octanol–water partition coefficient (Wildman–Crippen LogP) is 4.78. The van der Waals surface area contributed by atoms with E-state index in [2.05, 4.69) is 6.92 Å². The molecule has 0 fully saturated rings. The van der Waals surface area contributed by atoms with E-state index in [1.54, 1.807) is 12.1 Å². The summed E-state index contributed by atoms with van der Waals surface area (Å²) in [6, 6.07) is 15.0. The Labute approximate surface area is 155 Å². The number of primary amides is 1. The van der Waals surface area contributed by atoms with E-state index in [0.29, 0.717) is 11.1 Å². The molecule has 1 aromatic heterocycles. The number of rotatable bonds is 4. The third kappa shape index (κ3) is 2.85. The zero-order valence-electron chi connectivity index (χ0n) is 14.8. The standard InChI is InChI=1S/C22H18F2N2O/c1-2-13-6-9-16-20(10-13)26(12-14-7-8-15(23)11-18(14)24)19-5-3-4-17(21(16)19)22(25)27/h3-11H,2,12H2,1H3,(H2,25,27). The van der Waals surface area contributed by atoms with Crippen molar-refractivity contribution in [2.75, 3.05) is 0 Å². The Morgan fingerprint density at radius 2 is 1.85 bits per heavy atom. The number of amides is 1. The molecule has 0 radical (unpaired) electrons. The van der Waals surface area contributed by atoms with E-state index in [-0.39, 0.29) is 6.54 Å². The minimum atomic E-state index is -0.609. The van der Waals surface area contributed by atoms with Gasteiger partial charge in [0, 0.05) is 33.5 Å². The molecule has 0 saturated carbocycles. The molecule has 4 aromatic rings. The Hall–Kier alpha value is -3.21.